The van der Waals surface area contributed by atoms with Crippen molar-refractivity contribution < 1.29 is 4.42 Å². The maximum Gasteiger partial charge on any atom is 0.213 e. The van der Waals surface area contributed by atoms with E-state index in [0.29, 0.717) is 0 Å². The van der Waals surface area contributed by atoms with Gasteiger partial charge in [0.2, 0.25) is 5.71 Å². The Kier molecular flexibility index (Phi) is 5.57. The number of hydrogen-bond acceptors (Lipinski definition) is 1. The van der Waals surface area contributed by atoms with E-state index < -0.39 is 0 Å². The predicted octanol–water partition coefficient (Wildman–Crippen LogP) is 12.0. The maximum absolute atomic E-state index is 6.67. The lowest BCUT2D eigenvalue weighted by Gasteiger charge is -2.11. The first-order chi connectivity index (χ1) is 23.3. The fraction of sp³-hybridized carbons (Fsp3) is 0. The fourth-order valence-electron chi connectivity index (χ4n) is 7.48. The Labute approximate surface area is 271 Å². The highest BCUT2D eigenvalue weighted by atomic mass is 16.3. The van der Waals surface area contributed by atoms with Gasteiger partial charge in [-0.2, -0.15) is 0 Å². The van der Waals surface area contributed by atoms with E-state index in [9.17, 15) is 0 Å². The highest BCUT2D eigenvalue weighted by molar-refractivity contribution is 6.23. The summed E-state index contributed by atoms with van der Waals surface area (Å²) in [5, 5.41) is 6.03. The molecule has 0 fully saturated rings. The lowest BCUT2D eigenvalue weighted by Crippen LogP contribution is -1.93. The van der Waals surface area contributed by atoms with Crippen molar-refractivity contribution >= 4 is 54.8 Å². The Balaban J connectivity index is 1.11. The Morgan fingerprint density at radius 1 is 0.362 bits per heavy atom. The molecule has 0 aliphatic rings. The molecule has 7 aromatic carbocycles. The molecule has 0 bridgehead atoms. The molecular weight excluding hydrogens is 572 g/mol. The van der Waals surface area contributed by atoms with Gasteiger partial charge in [-0.1, -0.05) is 115 Å². The Hall–Kier alpha value is -6.32. The van der Waals surface area contributed by atoms with Gasteiger partial charge < -0.3 is 8.98 Å². The molecule has 0 radical (unpaired) electrons. The zero-order valence-electron chi connectivity index (χ0n) is 25.5. The molecule has 0 aliphatic carbocycles. The summed E-state index contributed by atoms with van der Waals surface area (Å²) in [5.41, 5.74) is 12.3. The van der Waals surface area contributed by atoms with Crippen LogP contribution in [0, 0.1) is 0 Å². The third-order valence-corrected chi connectivity index (χ3v) is 9.54. The molecule has 0 N–H and O–H groups in total. The molecule has 0 amide bonds. The van der Waals surface area contributed by atoms with Crippen LogP contribution < -0.4 is 0 Å². The third-order valence-electron chi connectivity index (χ3n) is 9.54. The summed E-state index contributed by atoms with van der Waals surface area (Å²) >= 11 is 0. The van der Waals surface area contributed by atoms with E-state index >= 15 is 0 Å². The Bertz CT molecular complexity index is 2720. The molecule has 3 aromatic heterocycles. The summed E-state index contributed by atoms with van der Waals surface area (Å²) in [6.07, 6.45) is 0. The van der Waals surface area contributed by atoms with E-state index in [1.54, 1.807) is 0 Å². The molecule has 220 valence electrons. The van der Waals surface area contributed by atoms with Crippen molar-refractivity contribution in [2.75, 3.05) is 0 Å². The first-order valence-electron chi connectivity index (χ1n) is 16.0. The van der Waals surface area contributed by atoms with Crippen LogP contribution in [0.1, 0.15) is 0 Å². The van der Waals surface area contributed by atoms with Crippen molar-refractivity contribution in [3.8, 4) is 33.6 Å². The molecule has 3 nitrogen and oxygen atoms in total. The summed E-state index contributed by atoms with van der Waals surface area (Å²) in [6.45, 7) is 0. The van der Waals surface area contributed by atoms with Crippen molar-refractivity contribution in [1.29, 1.82) is 0 Å². The quantitative estimate of drug-likeness (QED) is 0.197. The largest absolute Gasteiger partial charge is 0.439 e. The van der Waals surface area contributed by atoms with E-state index in [1.807, 2.05) is 6.07 Å². The highest BCUT2D eigenvalue weighted by Crippen LogP contribution is 2.43. The second-order valence-electron chi connectivity index (χ2n) is 12.1. The number of rotatable bonds is 4. The fourth-order valence-corrected chi connectivity index (χ4v) is 7.48. The van der Waals surface area contributed by atoms with E-state index in [2.05, 4.69) is 173 Å². The summed E-state index contributed by atoms with van der Waals surface area (Å²) < 4.78 is 11.3. The van der Waals surface area contributed by atoms with Crippen molar-refractivity contribution in [3.05, 3.63) is 170 Å². The van der Waals surface area contributed by atoms with Crippen LogP contribution in [0.4, 0.5) is 0 Å². The molecule has 3 heterocycles. The molecule has 47 heavy (non-hydrogen) atoms. The zero-order chi connectivity index (χ0) is 30.9. The predicted molar refractivity (Wildman–Crippen MR) is 196 cm³/mol. The first-order valence-corrected chi connectivity index (χ1v) is 16.0. The van der Waals surface area contributed by atoms with Crippen molar-refractivity contribution in [2.45, 2.75) is 0 Å². The van der Waals surface area contributed by atoms with Crippen molar-refractivity contribution in [3.63, 3.8) is 0 Å². The Morgan fingerprint density at radius 2 is 0.936 bits per heavy atom. The molecule has 0 aliphatic heterocycles. The smallest absolute Gasteiger partial charge is 0.213 e. The topological polar surface area (TPSA) is 23.0 Å². The summed E-state index contributed by atoms with van der Waals surface area (Å²) in [5.74, 6) is 0. The molecular formula is C44H28N2O. The number of fused-ring (bicyclic) bond motifs is 8. The maximum atomic E-state index is 6.67. The molecule has 0 saturated carbocycles. The van der Waals surface area contributed by atoms with Crippen molar-refractivity contribution in [1.82, 2.24) is 9.13 Å². The van der Waals surface area contributed by atoms with E-state index in [-0.39, 0.29) is 0 Å². The molecule has 10 aromatic rings. The monoisotopic (exact) mass is 600 g/mol. The number of nitrogens with zero attached hydrogens (tertiary/aromatic N) is 2. The van der Waals surface area contributed by atoms with Gasteiger partial charge in [-0.05, 0) is 76.9 Å². The Morgan fingerprint density at radius 3 is 1.66 bits per heavy atom. The number of para-hydroxylation sites is 4. The summed E-state index contributed by atoms with van der Waals surface area (Å²) in [6, 6.07) is 60.6. The van der Waals surface area contributed by atoms with E-state index in [4.69, 9.17) is 4.42 Å². The van der Waals surface area contributed by atoms with Crippen LogP contribution >= 0.6 is 0 Å². The summed E-state index contributed by atoms with van der Waals surface area (Å²) in [4.78, 5) is 0. The molecule has 3 heteroatoms. The van der Waals surface area contributed by atoms with E-state index in [1.165, 1.54) is 49.4 Å². The SMILES string of the molecule is c1ccc(-n2c3ccccc3c3c4c(-c5cccc(-c6ccc(-n7c8ccccc8c8ccccc87)cc6)c5)cccc4oc32)cc1. The number of hydrogen-bond donors (Lipinski definition) is 0. The van der Waals surface area contributed by atoms with Gasteiger partial charge in [-0.3, -0.25) is 4.57 Å². The zero-order valence-corrected chi connectivity index (χ0v) is 25.5. The standard InChI is InChI=1S/C44H28N2O/c1-2-14-32(15-3-1)46-40-22-9-6-18-37(40)43-42-34(19-11-23-41(42)47-44(43)46)31-13-10-12-30(28-31)29-24-26-33(27-25-29)45-38-20-7-4-16-35(38)36-17-5-8-21-39(36)45/h1-28H. The van der Waals surface area contributed by atoms with Crippen molar-refractivity contribution in [2.24, 2.45) is 0 Å². The molecule has 0 atom stereocenters. The third kappa shape index (κ3) is 3.87. The molecule has 0 saturated heterocycles. The van der Waals surface area contributed by atoms with Crippen LogP contribution in [0.25, 0.3) is 88.4 Å². The lowest BCUT2D eigenvalue weighted by atomic mass is 9.95. The minimum atomic E-state index is 0.872. The summed E-state index contributed by atoms with van der Waals surface area (Å²) in [7, 11) is 0. The van der Waals surface area contributed by atoms with Gasteiger partial charge >= 0.3 is 0 Å². The van der Waals surface area contributed by atoms with Gasteiger partial charge in [-0.25, -0.2) is 0 Å². The lowest BCUT2D eigenvalue weighted by molar-refractivity contribution is 0.645. The van der Waals surface area contributed by atoms with Gasteiger partial charge in [0.25, 0.3) is 0 Å². The molecule has 0 unspecified atom stereocenters. The minimum Gasteiger partial charge on any atom is -0.439 e. The van der Waals surface area contributed by atoms with Crippen LogP contribution in [0.5, 0.6) is 0 Å². The number of furan rings is 1. The van der Waals surface area contributed by atoms with Crippen LogP contribution in [0.15, 0.2) is 174 Å². The van der Waals surface area contributed by atoms with Crippen LogP contribution in [-0.4, -0.2) is 9.13 Å². The average molecular weight is 601 g/mol. The highest BCUT2D eigenvalue weighted by Gasteiger charge is 2.21. The van der Waals surface area contributed by atoms with E-state index in [0.717, 1.165) is 39.0 Å². The minimum absolute atomic E-state index is 0.872. The molecule has 10 rings (SSSR count). The second kappa shape index (κ2) is 10.1. The number of benzene rings is 7. The number of aromatic nitrogens is 2. The van der Waals surface area contributed by atoms with Gasteiger partial charge in [-0.15, -0.1) is 0 Å². The van der Waals surface area contributed by atoms with Crippen LogP contribution in [0.3, 0.4) is 0 Å². The van der Waals surface area contributed by atoms with Gasteiger partial charge in [0.15, 0.2) is 0 Å². The average Bonchev–Trinajstić information content (AvgIpc) is 3.79. The first kappa shape index (κ1) is 26.0. The van der Waals surface area contributed by atoms with Crippen LogP contribution in [-0.2, 0) is 0 Å². The van der Waals surface area contributed by atoms with Gasteiger partial charge in [0.05, 0.1) is 21.9 Å². The van der Waals surface area contributed by atoms with Crippen LogP contribution in [0.2, 0.25) is 0 Å². The second-order valence-corrected chi connectivity index (χ2v) is 12.1. The molecule has 0 spiro atoms. The van der Waals surface area contributed by atoms with Gasteiger partial charge in [0, 0.05) is 32.9 Å². The normalized spacial score (nSPS) is 11.8. The van der Waals surface area contributed by atoms with Gasteiger partial charge in [0.1, 0.15) is 5.58 Å².